The van der Waals surface area contributed by atoms with Gasteiger partial charge in [0.25, 0.3) is 5.91 Å². The van der Waals surface area contributed by atoms with Crippen LogP contribution in [0.15, 0.2) is 35.2 Å². The molecule has 2 rings (SSSR count). The molecule has 2 aromatic rings. The fraction of sp³-hybridized carbons (Fsp3) is 0.167. The van der Waals surface area contributed by atoms with Crippen molar-refractivity contribution < 1.29 is 9.90 Å². The molecule has 0 atom stereocenters. The van der Waals surface area contributed by atoms with Crippen molar-refractivity contribution in [3.63, 3.8) is 0 Å². The zero-order chi connectivity index (χ0) is 12.1. The van der Waals surface area contributed by atoms with Crippen LogP contribution in [0.25, 0.3) is 0 Å². The van der Waals surface area contributed by atoms with Crippen molar-refractivity contribution in [2.24, 2.45) is 0 Å². The second-order valence-corrected chi connectivity index (χ2v) is 4.29. The third-order valence-corrected chi connectivity index (χ3v) is 3.01. The maximum Gasteiger partial charge on any atom is 0.273 e. The molecule has 5 heteroatoms. The van der Waals surface area contributed by atoms with Crippen LogP contribution in [-0.2, 0) is 6.42 Å². The van der Waals surface area contributed by atoms with Crippen LogP contribution in [0.2, 0.25) is 0 Å². The number of rotatable bonds is 4. The number of carbonyl (C=O) groups is 1. The first-order valence-corrected chi connectivity index (χ1v) is 6.15. The Kier molecular flexibility index (Phi) is 3.72. The van der Waals surface area contributed by atoms with E-state index in [0.29, 0.717) is 6.54 Å². The summed E-state index contributed by atoms with van der Waals surface area (Å²) >= 11 is 1.63. The summed E-state index contributed by atoms with van der Waals surface area (Å²) < 4.78 is 0. The predicted molar refractivity (Wildman–Crippen MR) is 66.3 cm³/mol. The van der Waals surface area contributed by atoms with Crippen molar-refractivity contribution >= 4 is 17.2 Å². The smallest absolute Gasteiger partial charge is 0.273 e. The summed E-state index contributed by atoms with van der Waals surface area (Å²) in [5.41, 5.74) is 1.26. The molecule has 0 saturated carbocycles. The maximum absolute atomic E-state index is 11.7. The molecular formula is C12H12N2O2S. The third kappa shape index (κ3) is 3.04. The van der Waals surface area contributed by atoms with E-state index in [0.717, 1.165) is 6.42 Å². The molecule has 0 aliphatic carbocycles. The second kappa shape index (κ2) is 5.45. The molecule has 0 saturated heterocycles. The van der Waals surface area contributed by atoms with E-state index in [1.165, 1.54) is 17.8 Å². The largest absolute Gasteiger partial charge is 0.505 e. The van der Waals surface area contributed by atoms with Crippen molar-refractivity contribution in [3.8, 4) is 5.75 Å². The second-order valence-electron chi connectivity index (χ2n) is 3.51. The lowest BCUT2D eigenvalue weighted by molar-refractivity contribution is 0.0946. The standard InChI is InChI=1S/C12H12N2O2S/c15-10-2-1-5-13-11(10)12(16)14-6-3-9-4-7-17-8-9/h1-2,4-5,7-8,15H,3,6H2,(H,14,16). The van der Waals surface area contributed by atoms with Crippen LogP contribution in [0.4, 0.5) is 0 Å². The highest BCUT2D eigenvalue weighted by atomic mass is 32.1. The molecule has 0 radical (unpaired) electrons. The van der Waals surface area contributed by atoms with Gasteiger partial charge in [0.2, 0.25) is 0 Å². The van der Waals surface area contributed by atoms with Crippen molar-refractivity contribution in [1.82, 2.24) is 10.3 Å². The molecule has 0 bridgehead atoms. The highest BCUT2D eigenvalue weighted by molar-refractivity contribution is 7.07. The van der Waals surface area contributed by atoms with E-state index in [-0.39, 0.29) is 17.4 Å². The number of pyridine rings is 1. The van der Waals surface area contributed by atoms with Crippen molar-refractivity contribution in [1.29, 1.82) is 0 Å². The topological polar surface area (TPSA) is 62.2 Å². The van der Waals surface area contributed by atoms with Gasteiger partial charge in [-0.2, -0.15) is 11.3 Å². The van der Waals surface area contributed by atoms with Gasteiger partial charge in [0, 0.05) is 12.7 Å². The van der Waals surface area contributed by atoms with Crippen LogP contribution < -0.4 is 5.32 Å². The van der Waals surface area contributed by atoms with Gasteiger partial charge in [0.05, 0.1) is 0 Å². The lowest BCUT2D eigenvalue weighted by atomic mass is 10.2. The van der Waals surface area contributed by atoms with Gasteiger partial charge >= 0.3 is 0 Å². The Labute approximate surface area is 103 Å². The molecular weight excluding hydrogens is 236 g/mol. The van der Waals surface area contributed by atoms with Gasteiger partial charge in [-0.3, -0.25) is 4.79 Å². The number of hydrogen-bond acceptors (Lipinski definition) is 4. The fourth-order valence-electron chi connectivity index (χ4n) is 1.41. The number of amides is 1. The number of nitrogens with one attached hydrogen (secondary N) is 1. The molecule has 0 aliphatic heterocycles. The molecule has 0 spiro atoms. The average Bonchev–Trinajstić information content (AvgIpc) is 2.82. The van der Waals surface area contributed by atoms with Gasteiger partial charge in [-0.15, -0.1) is 0 Å². The monoisotopic (exact) mass is 248 g/mol. The van der Waals surface area contributed by atoms with Crippen LogP contribution in [0.3, 0.4) is 0 Å². The van der Waals surface area contributed by atoms with E-state index in [1.54, 1.807) is 17.4 Å². The van der Waals surface area contributed by atoms with Crippen LogP contribution in [0, 0.1) is 0 Å². The van der Waals surface area contributed by atoms with E-state index in [9.17, 15) is 9.90 Å². The molecule has 17 heavy (non-hydrogen) atoms. The minimum absolute atomic E-state index is 0.0674. The molecule has 1 amide bonds. The van der Waals surface area contributed by atoms with E-state index in [2.05, 4.69) is 10.3 Å². The SMILES string of the molecule is O=C(NCCc1ccsc1)c1ncccc1O. The van der Waals surface area contributed by atoms with Crippen LogP contribution in [-0.4, -0.2) is 22.5 Å². The molecule has 2 N–H and O–H groups in total. The van der Waals surface area contributed by atoms with Crippen LogP contribution in [0.5, 0.6) is 5.75 Å². The molecule has 2 heterocycles. The molecule has 2 aromatic heterocycles. The van der Waals surface area contributed by atoms with Gasteiger partial charge in [-0.05, 0) is 40.9 Å². The summed E-state index contributed by atoms with van der Waals surface area (Å²) in [4.78, 5) is 15.5. The van der Waals surface area contributed by atoms with Crippen molar-refractivity contribution in [3.05, 3.63) is 46.4 Å². The Bertz CT molecular complexity index is 497. The lowest BCUT2D eigenvalue weighted by Crippen LogP contribution is -2.26. The molecule has 0 unspecified atom stereocenters. The molecule has 0 aliphatic rings. The first-order chi connectivity index (χ1) is 8.27. The summed E-state index contributed by atoms with van der Waals surface area (Å²) in [6.45, 7) is 0.533. The molecule has 4 nitrogen and oxygen atoms in total. The number of thiophene rings is 1. The Hall–Kier alpha value is -1.88. The van der Waals surface area contributed by atoms with Gasteiger partial charge < -0.3 is 10.4 Å². The number of aromatic hydroxyl groups is 1. The maximum atomic E-state index is 11.7. The summed E-state index contributed by atoms with van der Waals surface area (Å²) in [5.74, 6) is -0.445. The first kappa shape index (κ1) is 11.6. The normalized spacial score (nSPS) is 10.1. The summed E-state index contributed by atoms with van der Waals surface area (Å²) in [6, 6.07) is 5.05. The Morgan fingerprint density at radius 2 is 2.35 bits per heavy atom. The van der Waals surface area contributed by atoms with Gasteiger partial charge in [0.15, 0.2) is 5.69 Å². The number of aromatic nitrogens is 1. The Morgan fingerprint density at radius 1 is 1.47 bits per heavy atom. The zero-order valence-electron chi connectivity index (χ0n) is 9.09. The van der Waals surface area contributed by atoms with E-state index >= 15 is 0 Å². The minimum Gasteiger partial charge on any atom is -0.505 e. The van der Waals surface area contributed by atoms with Gasteiger partial charge in [-0.1, -0.05) is 0 Å². The molecule has 0 fully saturated rings. The van der Waals surface area contributed by atoms with Crippen LogP contribution >= 0.6 is 11.3 Å². The minimum atomic E-state index is -0.349. The zero-order valence-corrected chi connectivity index (χ0v) is 9.91. The third-order valence-electron chi connectivity index (χ3n) is 2.28. The fourth-order valence-corrected chi connectivity index (χ4v) is 2.11. The van der Waals surface area contributed by atoms with Crippen molar-refractivity contribution in [2.75, 3.05) is 6.54 Å². The van der Waals surface area contributed by atoms with Gasteiger partial charge in [-0.25, -0.2) is 4.98 Å². The summed E-state index contributed by atoms with van der Waals surface area (Å²) in [7, 11) is 0. The van der Waals surface area contributed by atoms with E-state index < -0.39 is 0 Å². The first-order valence-electron chi connectivity index (χ1n) is 5.20. The van der Waals surface area contributed by atoms with Gasteiger partial charge in [0.1, 0.15) is 5.75 Å². The summed E-state index contributed by atoms with van der Waals surface area (Å²) in [6.07, 6.45) is 2.26. The summed E-state index contributed by atoms with van der Waals surface area (Å²) in [5, 5.41) is 16.2. The Balaban J connectivity index is 1.88. The number of nitrogens with zero attached hydrogens (tertiary/aromatic N) is 1. The van der Waals surface area contributed by atoms with Crippen LogP contribution in [0.1, 0.15) is 16.1 Å². The highest BCUT2D eigenvalue weighted by Crippen LogP contribution is 2.12. The number of carbonyl (C=O) groups excluding carboxylic acids is 1. The molecule has 88 valence electrons. The number of hydrogen-bond donors (Lipinski definition) is 2. The Morgan fingerprint density at radius 3 is 3.06 bits per heavy atom. The average molecular weight is 248 g/mol. The van der Waals surface area contributed by atoms with E-state index in [1.807, 2.05) is 16.8 Å². The lowest BCUT2D eigenvalue weighted by Gasteiger charge is -2.04. The quantitative estimate of drug-likeness (QED) is 0.867. The molecule has 0 aromatic carbocycles. The van der Waals surface area contributed by atoms with E-state index in [4.69, 9.17) is 0 Å². The predicted octanol–water partition coefficient (Wildman–Crippen LogP) is 1.82. The van der Waals surface area contributed by atoms with Crippen molar-refractivity contribution in [2.45, 2.75) is 6.42 Å². The highest BCUT2D eigenvalue weighted by Gasteiger charge is 2.10.